The van der Waals surface area contributed by atoms with Crippen LogP contribution in [0.1, 0.15) is 45.9 Å². The average molecular weight is 252 g/mol. The molecule has 0 radical (unpaired) electrons. The fraction of sp³-hybridized carbons (Fsp3) is 0.846. The van der Waals surface area contributed by atoms with Crippen molar-refractivity contribution in [3.8, 4) is 0 Å². The zero-order chi connectivity index (χ0) is 13.0. The summed E-state index contributed by atoms with van der Waals surface area (Å²) in [6, 6.07) is 1.12. The zero-order valence-electron chi connectivity index (χ0n) is 11.6. The predicted octanol–water partition coefficient (Wildman–Crippen LogP) is 2.19. The molecule has 1 aromatic rings. The summed E-state index contributed by atoms with van der Waals surface area (Å²) in [7, 11) is 0. The highest BCUT2D eigenvalue weighted by Crippen LogP contribution is 2.23. The van der Waals surface area contributed by atoms with Gasteiger partial charge < -0.3 is 14.6 Å². The maximum atomic E-state index is 5.71. The number of hydrogen-bond acceptors (Lipinski definition) is 5. The Morgan fingerprint density at radius 3 is 3.00 bits per heavy atom. The third kappa shape index (κ3) is 3.45. The van der Waals surface area contributed by atoms with Crippen LogP contribution in [0.5, 0.6) is 0 Å². The Morgan fingerprint density at radius 1 is 1.44 bits per heavy atom. The second-order valence-corrected chi connectivity index (χ2v) is 5.38. The van der Waals surface area contributed by atoms with E-state index in [1.54, 1.807) is 0 Å². The summed E-state index contributed by atoms with van der Waals surface area (Å²) in [6.07, 6.45) is 3.77. The van der Waals surface area contributed by atoms with Crippen LogP contribution in [-0.2, 0) is 6.54 Å². The van der Waals surface area contributed by atoms with E-state index >= 15 is 0 Å². The summed E-state index contributed by atoms with van der Waals surface area (Å²) in [6.45, 7) is 9.20. The molecule has 1 atom stereocenters. The van der Waals surface area contributed by atoms with Gasteiger partial charge >= 0.3 is 6.01 Å². The summed E-state index contributed by atoms with van der Waals surface area (Å²) in [5, 5.41) is 11.5. The van der Waals surface area contributed by atoms with Crippen LogP contribution in [0.15, 0.2) is 4.42 Å². The largest absolute Gasteiger partial charge is 0.407 e. The Morgan fingerprint density at radius 2 is 2.28 bits per heavy atom. The van der Waals surface area contributed by atoms with Crippen molar-refractivity contribution < 1.29 is 4.42 Å². The summed E-state index contributed by atoms with van der Waals surface area (Å²) < 4.78 is 5.71. The van der Waals surface area contributed by atoms with Crippen LogP contribution in [0.25, 0.3) is 0 Å². The number of anilines is 1. The molecule has 0 saturated carbocycles. The molecule has 102 valence electrons. The molecule has 2 rings (SSSR count). The SMILES string of the molecule is CCC1CCCN(c2nnc(CNC(C)C)o2)C1. The molecule has 0 aromatic carbocycles. The van der Waals surface area contributed by atoms with E-state index in [2.05, 4.69) is 41.2 Å². The first-order chi connectivity index (χ1) is 8.69. The van der Waals surface area contributed by atoms with Gasteiger partial charge in [-0.25, -0.2) is 0 Å². The van der Waals surface area contributed by atoms with Gasteiger partial charge in [0, 0.05) is 19.1 Å². The highest BCUT2D eigenvalue weighted by molar-refractivity contribution is 5.25. The summed E-state index contributed by atoms with van der Waals surface area (Å²) >= 11 is 0. The maximum Gasteiger partial charge on any atom is 0.318 e. The number of aromatic nitrogens is 2. The molecule has 5 heteroatoms. The molecule has 18 heavy (non-hydrogen) atoms. The van der Waals surface area contributed by atoms with Crippen molar-refractivity contribution in [2.45, 2.75) is 52.6 Å². The molecule has 1 unspecified atom stereocenters. The average Bonchev–Trinajstić information content (AvgIpc) is 2.85. The van der Waals surface area contributed by atoms with Gasteiger partial charge in [-0.05, 0) is 18.8 Å². The lowest BCUT2D eigenvalue weighted by atomic mass is 9.96. The summed E-state index contributed by atoms with van der Waals surface area (Å²) in [4.78, 5) is 2.23. The van der Waals surface area contributed by atoms with Crippen molar-refractivity contribution in [1.29, 1.82) is 0 Å². The molecule has 5 nitrogen and oxygen atoms in total. The van der Waals surface area contributed by atoms with E-state index in [1.165, 1.54) is 19.3 Å². The van der Waals surface area contributed by atoms with Crippen molar-refractivity contribution in [3.05, 3.63) is 5.89 Å². The van der Waals surface area contributed by atoms with Gasteiger partial charge in [0.15, 0.2) is 0 Å². The standard InChI is InChI=1S/C13H24N4O/c1-4-11-6-5-7-17(9-11)13-16-15-12(18-13)8-14-10(2)3/h10-11,14H,4-9H2,1-3H3. The first-order valence-corrected chi connectivity index (χ1v) is 6.99. The molecule has 1 fully saturated rings. The minimum atomic E-state index is 0.430. The number of nitrogens with one attached hydrogen (secondary N) is 1. The molecular formula is C13H24N4O. The summed E-state index contributed by atoms with van der Waals surface area (Å²) in [5.41, 5.74) is 0. The molecule has 1 saturated heterocycles. The molecule has 1 aliphatic heterocycles. The fourth-order valence-electron chi connectivity index (χ4n) is 2.31. The minimum Gasteiger partial charge on any atom is -0.407 e. The second-order valence-electron chi connectivity index (χ2n) is 5.38. The zero-order valence-corrected chi connectivity index (χ0v) is 11.6. The van der Waals surface area contributed by atoms with Gasteiger partial charge in [0.25, 0.3) is 0 Å². The molecule has 0 aliphatic carbocycles. The maximum absolute atomic E-state index is 5.71. The number of nitrogens with zero attached hydrogens (tertiary/aromatic N) is 3. The van der Waals surface area contributed by atoms with Crippen LogP contribution in [-0.4, -0.2) is 29.3 Å². The third-order valence-electron chi connectivity index (χ3n) is 3.48. The van der Waals surface area contributed by atoms with Crippen molar-refractivity contribution in [1.82, 2.24) is 15.5 Å². The van der Waals surface area contributed by atoms with Crippen molar-refractivity contribution in [2.24, 2.45) is 5.92 Å². The summed E-state index contributed by atoms with van der Waals surface area (Å²) in [5.74, 6) is 1.44. The molecule has 0 spiro atoms. The predicted molar refractivity (Wildman–Crippen MR) is 71.5 cm³/mol. The Hall–Kier alpha value is -1.10. The highest BCUT2D eigenvalue weighted by Gasteiger charge is 2.22. The fourth-order valence-corrected chi connectivity index (χ4v) is 2.31. The lowest BCUT2D eigenvalue weighted by molar-refractivity contribution is 0.375. The van der Waals surface area contributed by atoms with Gasteiger partial charge in [0.2, 0.25) is 5.89 Å². The van der Waals surface area contributed by atoms with E-state index in [-0.39, 0.29) is 0 Å². The smallest absolute Gasteiger partial charge is 0.318 e. The van der Waals surface area contributed by atoms with Crippen LogP contribution < -0.4 is 10.2 Å². The lowest BCUT2D eigenvalue weighted by Gasteiger charge is -2.30. The van der Waals surface area contributed by atoms with Gasteiger partial charge in [0.05, 0.1) is 6.54 Å². The van der Waals surface area contributed by atoms with E-state index in [0.717, 1.165) is 19.0 Å². The van der Waals surface area contributed by atoms with E-state index in [9.17, 15) is 0 Å². The van der Waals surface area contributed by atoms with Crippen molar-refractivity contribution in [2.75, 3.05) is 18.0 Å². The Bertz CT molecular complexity index is 364. The number of piperidine rings is 1. The van der Waals surface area contributed by atoms with Gasteiger partial charge in [-0.15, -0.1) is 5.10 Å². The van der Waals surface area contributed by atoms with Crippen molar-refractivity contribution in [3.63, 3.8) is 0 Å². The van der Waals surface area contributed by atoms with Gasteiger partial charge in [-0.2, -0.15) is 0 Å². The molecule has 0 amide bonds. The Kier molecular flexibility index (Phi) is 4.58. The lowest BCUT2D eigenvalue weighted by Crippen LogP contribution is -2.35. The number of hydrogen-bond donors (Lipinski definition) is 1. The monoisotopic (exact) mass is 252 g/mol. The topological polar surface area (TPSA) is 54.2 Å². The molecule has 1 aliphatic rings. The van der Waals surface area contributed by atoms with Gasteiger partial charge in [-0.1, -0.05) is 32.3 Å². The van der Waals surface area contributed by atoms with E-state index in [1.807, 2.05) is 0 Å². The van der Waals surface area contributed by atoms with E-state index in [0.29, 0.717) is 24.5 Å². The van der Waals surface area contributed by atoms with Crippen LogP contribution in [0.3, 0.4) is 0 Å². The van der Waals surface area contributed by atoms with Gasteiger partial charge in [0.1, 0.15) is 0 Å². The van der Waals surface area contributed by atoms with Crippen LogP contribution in [0, 0.1) is 5.92 Å². The first kappa shape index (κ1) is 13.3. The Labute approximate surface area is 109 Å². The van der Waals surface area contributed by atoms with Crippen LogP contribution in [0.2, 0.25) is 0 Å². The highest BCUT2D eigenvalue weighted by atomic mass is 16.4. The second kappa shape index (κ2) is 6.18. The quantitative estimate of drug-likeness (QED) is 0.870. The minimum absolute atomic E-state index is 0.430. The number of rotatable bonds is 5. The molecule has 0 bridgehead atoms. The Balaban J connectivity index is 1.92. The third-order valence-corrected chi connectivity index (χ3v) is 3.48. The van der Waals surface area contributed by atoms with Gasteiger partial charge in [-0.3, -0.25) is 0 Å². The molecule has 1 N–H and O–H groups in total. The molecular weight excluding hydrogens is 228 g/mol. The van der Waals surface area contributed by atoms with Crippen LogP contribution in [0.4, 0.5) is 6.01 Å². The van der Waals surface area contributed by atoms with Crippen LogP contribution >= 0.6 is 0 Å². The van der Waals surface area contributed by atoms with E-state index in [4.69, 9.17) is 4.42 Å². The van der Waals surface area contributed by atoms with Crippen molar-refractivity contribution >= 4 is 6.01 Å². The van der Waals surface area contributed by atoms with E-state index < -0.39 is 0 Å². The molecule has 1 aromatic heterocycles. The first-order valence-electron chi connectivity index (χ1n) is 6.99. The normalized spacial score (nSPS) is 20.7. The molecule has 2 heterocycles.